The van der Waals surface area contributed by atoms with Crippen LogP contribution in [0.15, 0.2) is 42.0 Å². The van der Waals surface area contributed by atoms with Crippen LogP contribution in [-0.2, 0) is 16.0 Å². The third-order valence-electron chi connectivity index (χ3n) is 5.77. The lowest BCUT2D eigenvalue weighted by molar-refractivity contribution is -0.135. The van der Waals surface area contributed by atoms with Gasteiger partial charge in [-0.15, -0.1) is 0 Å². The second-order valence-corrected chi connectivity index (χ2v) is 8.10. The van der Waals surface area contributed by atoms with Gasteiger partial charge in [0.05, 0.1) is 6.54 Å². The lowest BCUT2D eigenvalue weighted by Gasteiger charge is -2.40. The van der Waals surface area contributed by atoms with Gasteiger partial charge in [0.2, 0.25) is 11.8 Å². The van der Waals surface area contributed by atoms with Crippen LogP contribution < -0.4 is 0 Å². The normalized spacial score (nSPS) is 16.9. The molecule has 0 spiro atoms. The first kappa shape index (κ1) is 22.2. The number of likely N-dealkylation sites (tertiary alicyclic amines) is 1. The number of rotatable bonds is 7. The van der Waals surface area contributed by atoms with Crippen molar-refractivity contribution in [1.29, 1.82) is 0 Å². The summed E-state index contributed by atoms with van der Waals surface area (Å²) >= 11 is 0. The number of piperidine rings is 1. The van der Waals surface area contributed by atoms with Crippen LogP contribution in [0.5, 0.6) is 0 Å². The first-order chi connectivity index (χ1) is 13.3. The topological polar surface area (TPSA) is 43.9 Å². The Bertz CT molecular complexity index is 676. The van der Waals surface area contributed by atoms with E-state index in [-0.39, 0.29) is 17.9 Å². The Hall–Kier alpha value is -2.14. The molecule has 28 heavy (non-hydrogen) atoms. The van der Waals surface area contributed by atoms with Crippen LogP contribution in [0.3, 0.4) is 0 Å². The van der Waals surface area contributed by atoms with Gasteiger partial charge in [-0.2, -0.15) is 0 Å². The SMILES string of the molecule is C/C=C(\C)C(=O)N1CCC(C(Cc2ccccc2)N(C)C(=O)CN(C)C)CC1. The fourth-order valence-electron chi connectivity index (χ4n) is 3.90. The average molecular weight is 386 g/mol. The maximum atomic E-state index is 12.7. The number of carbonyl (C=O) groups excluding carboxylic acids is 2. The monoisotopic (exact) mass is 385 g/mol. The zero-order valence-corrected chi connectivity index (χ0v) is 18.0. The number of likely N-dealkylation sites (N-methyl/N-ethyl adjacent to an activating group) is 2. The third kappa shape index (κ3) is 5.93. The average Bonchev–Trinajstić information content (AvgIpc) is 2.70. The highest BCUT2D eigenvalue weighted by Gasteiger charge is 2.32. The van der Waals surface area contributed by atoms with Crippen LogP contribution >= 0.6 is 0 Å². The summed E-state index contributed by atoms with van der Waals surface area (Å²) in [4.78, 5) is 31.0. The molecule has 0 N–H and O–H groups in total. The number of amides is 2. The quantitative estimate of drug-likeness (QED) is 0.678. The smallest absolute Gasteiger partial charge is 0.249 e. The Labute approximate surface area is 170 Å². The second-order valence-electron chi connectivity index (χ2n) is 8.10. The molecule has 2 amide bonds. The molecule has 1 aliphatic heterocycles. The van der Waals surface area contributed by atoms with Gasteiger partial charge in [0.1, 0.15) is 0 Å². The van der Waals surface area contributed by atoms with Crippen molar-refractivity contribution in [2.75, 3.05) is 40.8 Å². The summed E-state index contributed by atoms with van der Waals surface area (Å²) in [6.45, 7) is 5.71. The molecule has 1 unspecified atom stereocenters. The van der Waals surface area contributed by atoms with E-state index < -0.39 is 0 Å². The van der Waals surface area contributed by atoms with Crippen molar-refractivity contribution in [1.82, 2.24) is 14.7 Å². The fraction of sp³-hybridized carbons (Fsp3) is 0.565. The highest BCUT2D eigenvalue weighted by atomic mass is 16.2. The molecule has 154 valence electrons. The Morgan fingerprint density at radius 2 is 1.75 bits per heavy atom. The number of hydrogen-bond donors (Lipinski definition) is 0. The fourth-order valence-corrected chi connectivity index (χ4v) is 3.90. The molecule has 0 bridgehead atoms. The highest BCUT2D eigenvalue weighted by molar-refractivity contribution is 5.92. The molecule has 1 atom stereocenters. The summed E-state index contributed by atoms with van der Waals surface area (Å²) in [5.41, 5.74) is 2.05. The molecule has 0 radical (unpaired) electrons. The highest BCUT2D eigenvalue weighted by Crippen LogP contribution is 2.27. The molecule has 2 rings (SSSR count). The Morgan fingerprint density at radius 3 is 2.29 bits per heavy atom. The molecule has 1 fully saturated rings. The van der Waals surface area contributed by atoms with Crippen LogP contribution in [0.4, 0.5) is 0 Å². The van der Waals surface area contributed by atoms with Gasteiger partial charge in [0.25, 0.3) is 0 Å². The first-order valence-corrected chi connectivity index (χ1v) is 10.2. The predicted octanol–water partition coefficient (Wildman–Crippen LogP) is 2.82. The molecular weight excluding hydrogens is 350 g/mol. The summed E-state index contributed by atoms with van der Waals surface area (Å²) in [6.07, 6.45) is 4.59. The van der Waals surface area contributed by atoms with Gasteiger partial charge in [-0.05, 0) is 58.7 Å². The van der Waals surface area contributed by atoms with E-state index in [1.54, 1.807) is 0 Å². The molecule has 0 saturated carbocycles. The number of carbonyl (C=O) groups is 2. The van der Waals surface area contributed by atoms with E-state index in [4.69, 9.17) is 0 Å². The summed E-state index contributed by atoms with van der Waals surface area (Å²) < 4.78 is 0. The van der Waals surface area contributed by atoms with Crippen molar-refractivity contribution in [3.05, 3.63) is 47.5 Å². The van der Waals surface area contributed by atoms with Gasteiger partial charge in [-0.25, -0.2) is 0 Å². The van der Waals surface area contributed by atoms with Crippen molar-refractivity contribution in [3.8, 4) is 0 Å². The van der Waals surface area contributed by atoms with Crippen molar-refractivity contribution < 1.29 is 9.59 Å². The van der Waals surface area contributed by atoms with E-state index in [1.165, 1.54) is 5.56 Å². The van der Waals surface area contributed by atoms with Gasteiger partial charge in [-0.1, -0.05) is 36.4 Å². The van der Waals surface area contributed by atoms with Crippen LogP contribution in [0.1, 0.15) is 32.3 Å². The minimum atomic E-state index is 0.137. The van der Waals surface area contributed by atoms with Crippen molar-refractivity contribution in [2.45, 2.75) is 39.2 Å². The van der Waals surface area contributed by atoms with Crippen LogP contribution in [0.25, 0.3) is 0 Å². The van der Waals surface area contributed by atoms with Gasteiger partial charge in [-0.3, -0.25) is 9.59 Å². The number of benzene rings is 1. The summed E-state index contributed by atoms with van der Waals surface area (Å²) in [5, 5.41) is 0. The van der Waals surface area contributed by atoms with E-state index in [2.05, 4.69) is 24.3 Å². The summed E-state index contributed by atoms with van der Waals surface area (Å²) in [6, 6.07) is 10.5. The van der Waals surface area contributed by atoms with Crippen LogP contribution in [-0.4, -0.2) is 73.3 Å². The lowest BCUT2D eigenvalue weighted by atomic mass is 9.84. The van der Waals surface area contributed by atoms with Crippen LogP contribution in [0.2, 0.25) is 0 Å². The van der Waals surface area contributed by atoms with E-state index in [9.17, 15) is 9.59 Å². The van der Waals surface area contributed by atoms with E-state index in [0.29, 0.717) is 12.5 Å². The zero-order chi connectivity index (χ0) is 20.7. The summed E-state index contributed by atoms with van der Waals surface area (Å²) in [7, 11) is 5.78. The largest absolute Gasteiger partial charge is 0.341 e. The number of nitrogens with zero attached hydrogens (tertiary/aromatic N) is 3. The minimum Gasteiger partial charge on any atom is -0.341 e. The van der Waals surface area contributed by atoms with Gasteiger partial charge < -0.3 is 14.7 Å². The van der Waals surface area contributed by atoms with E-state index in [1.807, 2.05) is 61.8 Å². The molecular formula is C23H35N3O2. The van der Waals surface area contributed by atoms with Crippen LogP contribution in [0, 0.1) is 5.92 Å². The molecule has 0 aromatic heterocycles. The number of allylic oxidation sites excluding steroid dienone is 1. The summed E-state index contributed by atoms with van der Waals surface area (Å²) in [5.74, 6) is 0.679. The Morgan fingerprint density at radius 1 is 1.14 bits per heavy atom. The molecule has 1 aromatic carbocycles. The zero-order valence-electron chi connectivity index (χ0n) is 18.0. The maximum absolute atomic E-state index is 12.7. The second kappa shape index (κ2) is 10.4. The molecule has 1 aliphatic rings. The van der Waals surface area contributed by atoms with Gasteiger partial charge >= 0.3 is 0 Å². The van der Waals surface area contributed by atoms with Crippen molar-refractivity contribution in [3.63, 3.8) is 0 Å². The van der Waals surface area contributed by atoms with E-state index in [0.717, 1.165) is 37.9 Å². The first-order valence-electron chi connectivity index (χ1n) is 10.2. The van der Waals surface area contributed by atoms with Gasteiger partial charge in [0.15, 0.2) is 0 Å². The third-order valence-corrected chi connectivity index (χ3v) is 5.77. The standard InChI is InChI=1S/C23H35N3O2/c1-6-18(2)23(28)26-14-12-20(13-15-26)21(16-19-10-8-7-9-11-19)25(5)22(27)17-24(3)4/h6-11,20-21H,12-17H2,1-5H3/b18-6+. The minimum absolute atomic E-state index is 0.137. The molecule has 1 saturated heterocycles. The molecule has 0 aliphatic carbocycles. The molecule has 5 heteroatoms. The van der Waals surface area contributed by atoms with Crippen molar-refractivity contribution >= 4 is 11.8 Å². The molecule has 5 nitrogen and oxygen atoms in total. The maximum Gasteiger partial charge on any atom is 0.249 e. The predicted molar refractivity (Wildman–Crippen MR) is 114 cm³/mol. The number of hydrogen-bond acceptors (Lipinski definition) is 3. The van der Waals surface area contributed by atoms with Gasteiger partial charge in [0, 0.05) is 31.8 Å². The molecule has 1 aromatic rings. The van der Waals surface area contributed by atoms with E-state index >= 15 is 0 Å². The molecule has 1 heterocycles. The lowest BCUT2D eigenvalue weighted by Crippen LogP contribution is -2.50. The van der Waals surface area contributed by atoms with Crippen molar-refractivity contribution in [2.24, 2.45) is 5.92 Å². The Kier molecular flexibility index (Phi) is 8.24. The Balaban J connectivity index is 2.11.